The average Bonchev–Trinajstić information content (AvgIpc) is 2.63. The van der Waals surface area contributed by atoms with Gasteiger partial charge in [0.05, 0.1) is 29.1 Å². The topological polar surface area (TPSA) is 79.3 Å². The Morgan fingerprint density at radius 1 is 1.50 bits per heavy atom. The van der Waals surface area contributed by atoms with E-state index in [1.165, 1.54) is 11.3 Å². The average molecular weight is 268 g/mol. The molecule has 2 N–H and O–H groups in total. The summed E-state index contributed by atoms with van der Waals surface area (Å²) < 4.78 is 0. The van der Waals surface area contributed by atoms with Gasteiger partial charge in [-0.15, -0.1) is 11.3 Å². The fourth-order valence-corrected chi connectivity index (χ4v) is 2.98. The Morgan fingerprint density at radius 2 is 2.17 bits per heavy atom. The number of carboxylic acids is 1. The molecule has 0 saturated heterocycles. The van der Waals surface area contributed by atoms with Crippen molar-refractivity contribution >= 4 is 23.2 Å². The molecule has 0 radical (unpaired) electrons. The van der Waals surface area contributed by atoms with Crippen LogP contribution in [-0.4, -0.2) is 22.0 Å². The highest BCUT2D eigenvalue weighted by molar-refractivity contribution is 7.09. The van der Waals surface area contributed by atoms with Gasteiger partial charge < -0.3 is 10.4 Å². The standard InChI is InChI=1S/C12H16N2O3S/c1-6-14-7(5-18-6)4-13-10(15)8-9(11(16)17)12(8,2)3/h5,8-9H,4H2,1-3H3,(H,13,15)(H,16,17)/t8-,9+/m1/s1. The van der Waals surface area contributed by atoms with Crippen LogP contribution in [0.2, 0.25) is 0 Å². The Hall–Kier alpha value is -1.43. The molecule has 5 nitrogen and oxygen atoms in total. The van der Waals surface area contributed by atoms with Gasteiger partial charge in [-0.1, -0.05) is 13.8 Å². The number of nitrogens with zero attached hydrogens (tertiary/aromatic N) is 1. The summed E-state index contributed by atoms with van der Waals surface area (Å²) in [6.45, 7) is 5.88. The molecule has 0 spiro atoms. The van der Waals surface area contributed by atoms with Crippen molar-refractivity contribution in [3.05, 3.63) is 16.1 Å². The molecule has 0 bridgehead atoms. The number of aliphatic carboxylic acids is 1. The molecule has 2 atom stereocenters. The molecule has 1 saturated carbocycles. The quantitative estimate of drug-likeness (QED) is 0.865. The van der Waals surface area contributed by atoms with Crippen molar-refractivity contribution in [1.29, 1.82) is 0 Å². The molecule has 1 aliphatic rings. The van der Waals surface area contributed by atoms with Gasteiger partial charge >= 0.3 is 5.97 Å². The third kappa shape index (κ3) is 2.25. The molecular weight excluding hydrogens is 252 g/mol. The molecule has 2 rings (SSSR count). The predicted octanol–water partition coefficient (Wildman–Crippen LogP) is 1.42. The molecule has 1 fully saturated rings. The maximum absolute atomic E-state index is 11.9. The fraction of sp³-hybridized carbons (Fsp3) is 0.583. The molecule has 1 aromatic rings. The zero-order chi connectivity index (χ0) is 13.5. The van der Waals surface area contributed by atoms with Crippen LogP contribution in [0.4, 0.5) is 0 Å². The van der Waals surface area contributed by atoms with Crippen LogP contribution < -0.4 is 5.32 Å². The molecule has 0 unspecified atom stereocenters. The molecule has 98 valence electrons. The Kier molecular flexibility index (Phi) is 3.14. The number of hydrogen-bond acceptors (Lipinski definition) is 4. The predicted molar refractivity (Wildman–Crippen MR) is 67.1 cm³/mol. The molecule has 1 heterocycles. The zero-order valence-electron chi connectivity index (χ0n) is 10.6. The van der Waals surface area contributed by atoms with Gasteiger partial charge in [-0.2, -0.15) is 0 Å². The second-order valence-electron chi connectivity index (χ2n) is 5.19. The van der Waals surface area contributed by atoms with Crippen LogP contribution in [0.3, 0.4) is 0 Å². The highest BCUT2D eigenvalue weighted by Gasteiger charge is 2.65. The minimum Gasteiger partial charge on any atom is -0.481 e. The van der Waals surface area contributed by atoms with Gasteiger partial charge in [-0.05, 0) is 12.3 Å². The van der Waals surface area contributed by atoms with Crippen molar-refractivity contribution in [2.45, 2.75) is 27.3 Å². The van der Waals surface area contributed by atoms with Gasteiger partial charge in [0.2, 0.25) is 5.91 Å². The number of carbonyl (C=O) groups is 2. The van der Waals surface area contributed by atoms with E-state index in [1.807, 2.05) is 26.2 Å². The van der Waals surface area contributed by atoms with E-state index in [1.54, 1.807) is 0 Å². The van der Waals surface area contributed by atoms with Crippen LogP contribution in [0.5, 0.6) is 0 Å². The number of aromatic nitrogens is 1. The molecule has 18 heavy (non-hydrogen) atoms. The van der Waals surface area contributed by atoms with Gasteiger partial charge in [0, 0.05) is 5.38 Å². The van der Waals surface area contributed by atoms with Crippen molar-refractivity contribution in [1.82, 2.24) is 10.3 Å². The van der Waals surface area contributed by atoms with Crippen LogP contribution in [0.25, 0.3) is 0 Å². The van der Waals surface area contributed by atoms with E-state index in [9.17, 15) is 9.59 Å². The number of carbonyl (C=O) groups excluding carboxylic acids is 1. The van der Waals surface area contributed by atoms with Crippen molar-refractivity contribution in [3.63, 3.8) is 0 Å². The van der Waals surface area contributed by atoms with Gasteiger partial charge in [0.25, 0.3) is 0 Å². The summed E-state index contributed by atoms with van der Waals surface area (Å²) in [6, 6.07) is 0. The Bertz CT molecular complexity index is 495. The smallest absolute Gasteiger partial charge is 0.307 e. The molecule has 0 aliphatic heterocycles. The number of carboxylic acid groups (broad SMARTS) is 1. The SMILES string of the molecule is Cc1nc(CNC(=O)[C@H]2[C@@H](C(=O)O)C2(C)C)cs1. The highest BCUT2D eigenvalue weighted by atomic mass is 32.1. The summed E-state index contributed by atoms with van der Waals surface area (Å²) in [6.07, 6.45) is 0. The summed E-state index contributed by atoms with van der Waals surface area (Å²) in [5, 5.41) is 14.6. The van der Waals surface area contributed by atoms with Gasteiger partial charge in [-0.3, -0.25) is 9.59 Å². The van der Waals surface area contributed by atoms with Crippen molar-refractivity contribution in [2.24, 2.45) is 17.3 Å². The number of nitrogens with one attached hydrogen (secondary N) is 1. The second-order valence-corrected chi connectivity index (χ2v) is 6.25. The van der Waals surface area contributed by atoms with Crippen molar-refractivity contribution in [2.75, 3.05) is 0 Å². The maximum Gasteiger partial charge on any atom is 0.307 e. The number of amides is 1. The van der Waals surface area contributed by atoms with Crippen LogP contribution in [-0.2, 0) is 16.1 Å². The lowest BCUT2D eigenvalue weighted by molar-refractivity contribution is -0.140. The zero-order valence-corrected chi connectivity index (χ0v) is 11.4. The van der Waals surface area contributed by atoms with E-state index in [-0.39, 0.29) is 5.91 Å². The lowest BCUT2D eigenvalue weighted by Crippen LogP contribution is -2.26. The lowest BCUT2D eigenvalue weighted by atomic mass is 10.1. The number of hydrogen-bond donors (Lipinski definition) is 2. The number of aryl methyl sites for hydroxylation is 1. The maximum atomic E-state index is 11.9. The van der Waals surface area contributed by atoms with Crippen molar-refractivity contribution in [3.8, 4) is 0 Å². The highest BCUT2D eigenvalue weighted by Crippen LogP contribution is 2.58. The third-order valence-electron chi connectivity index (χ3n) is 3.49. The fourth-order valence-electron chi connectivity index (χ4n) is 2.37. The lowest BCUT2D eigenvalue weighted by Gasteiger charge is -2.03. The second kappa shape index (κ2) is 4.35. The first-order chi connectivity index (χ1) is 8.34. The van der Waals surface area contributed by atoms with Crippen molar-refractivity contribution < 1.29 is 14.7 Å². The minimum atomic E-state index is -0.898. The van der Waals surface area contributed by atoms with Crippen LogP contribution in [0, 0.1) is 24.2 Å². The van der Waals surface area contributed by atoms with Gasteiger partial charge in [-0.25, -0.2) is 4.98 Å². The van der Waals surface area contributed by atoms with E-state index in [4.69, 9.17) is 5.11 Å². The minimum absolute atomic E-state index is 0.196. The molecule has 1 amide bonds. The summed E-state index contributed by atoms with van der Waals surface area (Å²) in [7, 11) is 0. The Balaban J connectivity index is 1.92. The third-order valence-corrected chi connectivity index (χ3v) is 4.31. The van der Waals surface area contributed by atoms with E-state index in [0.29, 0.717) is 6.54 Å². The van der Waals surface area contributed by atoms with Crippen LogP contribution in [0.1, 0.15) is 24.5 Å². The molecule has 6 heteroatoms. The molecule has 1 aromatic heterocycles. The summed E-state index contributed by atoms with van der Waals surface area (Å²) in [5.41, 5.74) is 0.365. The number of rotatable bonds is 4. The van der Waals surface area contributed by atoms with E-state index in [0.717, 1.165) is 10.7 Å². The number of thiazole rings is 1. The molecule has 0 aromatic carbocycles. The summed E-state index contributed by atoms with van der Waals surface area (Å²) in [5.74, 6) is -2.10. The monoisotopic (exact) mass is 268 g/mol. The van der Waals surface area contributed by atoms with E-state index >= 15 is 0 Å². The first-order valence-electron chi connectivity index (χ1n) is 5.75. The largest absolute Gasteiger partial charge is 0.481 e. The van der Waals surface area contributed by atoms with Crippen LogP contribution in [0.15, 0.2) is 5.38 Å². The van der Waals surface area contributed by atoms with E-state index < -0.39 is 23.2 Å². The first-order valence-corrected chi connectivity index (χ1v) is 6.63. The summed E-state index contributed by atoms with van der Waals surface area (Å²) in [4.78, 5) is 27.1. The Labute approximate surface area is 109 Å². The first kappa shape index (κ1) is 13.0. The van der Waals surface area contributed by atoms with Gasteiger partial charge in [0.15, 0.2) is 0 Å². The normalized spacial score (nSPS) is 24.6. The molecule has 1 aliphatic carbocycles. The van der Waals surface area contributed by atoms with Crippen LogP contribution >= 0.6 is 11.3 Å². The van der Waals surface area contributed by atoms with E-state index in [2.05, 4.69) is 10.3 Å². The summed E-state index contributed by atoms with van der Waals surface area (Å²) >= 11 is 1.53. The molecular formula is C12H16N2O3S. The van der Waals surface area contributed by atoms with Gasteiger partial charge in [0.1, 0.15) is 0 Å². The Morgan fingerprint density at radius 3 is 2.61 bits per heavy atom.